The van der Waals surface area contributed by atoms with Crippen LogP contribution in [-0.2, 0) is 12.5 Å². The molecule has 2 aromatic rings. The van der Waals surface area contributed by atoms with Crippen LogP contribution in [-0.4, -0.2) is 4.98 Å². The summed E-state index contributed by atoms with van der Waals surface area (Å²) in [5, 5.41) is 0. The van der Waals surface area contributed by atoms with Crippen LogP contribution in [0.2, 0.25) is 0 Å². The molecule has 2 nitrogen and oxygen atoms in total. The van der Waals surface area contributed by atoms with E-state index < -0.39 is 5.82 Å². The monoisotopic (exact) mass is 251 g/mol. The highest BCUT2D eigenvalue weighted by molar-refractivity contribution is 6.17. The molecule has 0 aliphatic rings. The number of alkyl halides is 1. The van der Waals surface area contributed by atoms with Crippen LogP contribution < -0.4 is 4.74 Å². The van der Waals surface area contributed by atoms with E-state index in [2.05, 4.69) is 4.98 Å². The maximum atomic E-state index is 13.5. The van der Waals surface area contributed by atoms with Crippen LogP contribution in [0.1, 0.15) is 11.1 Å². The molecule has 0 unspecified atom stereocenters. The average molecular weight is 252 g/mol. The third-order valence-electron chi connectivity index (χ3n) is 2.29. The summed E-state index contributed by atoms with van der Waals surface area (Å²) in [6.45, 7) is 0.319. The fraction of sp³-hybridized carbons (Fsp3) is 0.154. The molecule has 0 spiro atoms. The molecule has 0 bridgehead atoms. The van der Waals surface area contributed by atoms with Crippen molar-refractivity contribution < 1.29 is 9.13 Å². The molecule has 88 valence electrons. The Balaban J connectivity index is 2.04. The lowest BCUT2D eigenvalue weighted by Crippen LogP contribution is -1.97. The van der Waals surface area contributed by atoms with Crippen molar-refractivity contribution in [3.8, 4) is 5.75 Å². The van der Waals surface area contributed by atoms with Crippen LogP contribution >= 0.6 is 11.6 Å². The Bertz CT molecular complexity index is 490. The van der Waals surface area contributed by atoms with Gasteiger partial charge in [0, 0.05) is 18.3 Å². The molecule has 17 heavy (non-hydrogen) atoms. The molecule has 0 amide bonds. The van der Waals surface area contributed by atoms with Gasteiger partial charge in [-0.05, 0) is 35.4 Å². The van der Waals surface area contributed by atoms with Gasteiger partial charge in [0.05, 0.1) is 0 Å². The number of hydrogen-bond acceptors (Lipinski definition) is 2. The first-order valence-corrected chi connectivity index (χ1v) is 5.69. The first-order chi connectivity index (χ1) is 8.29. The van der Waals surface area contributed by atoms with E-state index in [0.29, 0.717) is 12.5 Å². The molecule has 2 rings (SSSR count). The van der Waals surface area contributed by atoms with Crippen LogP contribution in [0.5, 0.6) is 5.75 Å². The number of pyridine rings is 1. The molecule has 0 N–H and O–H groups in total. The second kappa shape index (κ2) is 5.64. The number of halogens is 2. The molecule has 0 radical (unpaired) electrons. The molecular formula is C13H11ClFNO. The Morgan fingerprint density at radius 1 is 1.12 bits per heavy atom. The minimum Gasteiger partial charge on any atom is -0.486 e. The second-order valence-corrected chi connectivity index (χ2v) is 3.81. The Labute approximate surface area is 104 Å². The van der Waals surface area contributed by atoms with Crippen LogP contribution in [0.3, 0.4) is 0 Å². The maximum Gasteiger partial charge on any atom is 0.165 e. The van der Waals surface area contributed by atoms with E-state index in [0.717, 1.165) is 11.1 Å². The van der Waals surface area contributed by atoms with Gasteiger partial charge in [0.25, 0.3) is 0 Å². The smallest absolute Gasteiger partial charge is 0.165 e. The molecule has 1 heterocycles. The van der Waals surface area contributed by atoms with Gasteiger partial charge in [0.1, 0.15) is 6.61 Å². The quantitative estimate of drug-likeness (QED) is 0.776. The topological polar surface area (TPSA) is 22.1 Å². The van der Waals surface area contributed by atoms with Crippen LogP contribution in [0.15, 0.2) is 42.7 Å². The van der Waals surface area contributed by atoms with Crippen LogP contribution in [0.25, 0.3) is 0 Å². The van der Waals surface area contributed by atoms with E-state index in [1.807, 2.05) is 12.1 Å². The van der Waals surface area contributed by atoms with Gasteiger partial charge in [0.2, 0.25) is 0 Å². The number of ether oxygens (including phenoxy) is 1. The SMILES string of the molecule is Fc1cc(CCl)ccc1OCc1ccncc1. The van der Waals surface area contributed by atoms with Gasteiger partial charge < -0.3 is 4.74 Å². The molecule has 0 saturated carbocycles. The summed E-state index contributed by atoms with van der Waals surface area (Å²) in [7, 11) is 0. The predicted octanol–water partition coefficient (Wildman–Crippen LogP) is 3.54. The zero-order valence-electron chi connectivity index (χ0n) is 9.07. The number of nitrogens with zero attached hydrogens (tertiary/aromatic N) is 1. The van der Waals surface area contributed by atoms with Gasteiger partial charge in [0.15, 0.2) is 11.6 Å². The van der Waals surface area contributed by atoms with Crippen molar-refractivity contribution in [2.45, 2.75) is 12.5 Å². The van der Waals surface area contributed by atoms with Gasteiger partial charge >= 0.3 is 0 Å². The number of benzene rings is 1. The summed E-state index contributed by atoms with van der Waals surface area (Å²) in [5.74, 6) is 0.134. The minimum atomic E-state index is -0.391. The van der Waals surface area contributed by atoms with Crippen LogP contribution in [0.4, 0.5) is 4.39 Å². The second-order valence-electron chi connectivity index (χ2n) is 3.54. The average Bonchev–Trinajstić information content (AvgIpc) is 2.38. The van der Waals surface area contributed by atoms with Gasteiger partial charge in [-0.15, -0.1) is 11.6 Å². The van der Waals surface area contributed by atoms with E-state index in [4.69, 9.17) is 16.3 Å². The number of hydrogen-bond donors (Lipinski definition) is 0. The summed E-state index contributed by atoms with van der Waals surface area (Å²) >= 11 is 5.61. The number of aromatic nitrogens is 1. The van der Waals surface area contributed by atoms with E-state index >= 15 is 0 Å². The summed E-state index contributed by atoms with van der Waals surface area (Å²) < 4.78 is 18.9. The van der Waals surface area contributed by atoms with E-state index in [1.54, 1.807) is 24.5 Å². The van der Waals surface area contributed by atoms with Crippen molar-refractivity contribution in [1.82, 2.24) is 4.98 Å². The van der Waals surface area contributed by atoms with Gasteiger partial charge in [-0.3, -0.25) is 4.98 Å². The first-order valence-electron chi connectivity index (χ1n) is 5.15. The zero-order chi connectivity index (χ0) is 12.1. The predicted molar refractivity (Wildman–Crippen MR) is 64.5 cm³/mol. The molecule has 0 fully saturated rings. The van der Waals surface area contributed by atoms with Gasteiger partial charge in [-0.25, -0.2) is 4.39 Å². The lowest BCUT2D eigenvalue weighted by Gasteiger charge is -2.07. The summed E-state index contributed by atoms with van der Waals surface area (Å²) in [4.78, 5) is 3.90. The fourth-order valence-electron chi connectivity index (χ4n) is 1.38. The molecule has 0 saturated heterocycles. The molecule has 0 atom stereocenters. The van der Waals surface area contributed by atoms with Crippen molar-refractivity contribution in [3.05, 3.63) is 59.7 Å². The standard InChI is InChI=1S/C13H11ClFNO/c14-8-11-1-2-13(12(15)7-11)17-9-10-3-5-16-6-4-10/h1-7H,8-9H2. The highest BCUT2D eigenvalue weighted by Gasteiger charge is 2.04. The molecule has 1 aromatic heterocycles. The van der Waals surface area contributed by atoms with E-state index in [1.165, 1.54) is 6.07 Å². The normalized spacial score (nSPS) is 10.2. The van der Waals surface area contributed by atoms with Crippen molar-refractivity contribution in [3.63, 3.8) is 0 Å². The van der Waals surface area contributed by atoms with E-state index in [-0.39, 0.29) is 5.75 Å². The Hall–Kier alpha value is -1.61. The third kappa shape index (κ3) is 3.17. The maximum absolute atomic E-state index is 13.5. The van der Waals surface area contributed by atoms with Crippen molar-refractivity contribution >= 4 is 11.6 Å². The van der Waals surface area contributed by atoms with Crippen LogP contribution in [0, 0.1) is 5.82 Å². The zero-order valence-corrected chi connectivity index (χ0v) is 9.82. The molecule has 0 aliphatic heterocycles. The van der Waals surface area contributed by atoms with Gasteiger partial charge in [-0.2, -0.15) is 0 Å². The van der Waals surface area contributed by atoms with Crippen molar-refractivity contribution in [2.75, 3.05) is 0 Å². The number of rotatable bonds is 4. The summed E-state index contributed by atoms with van der Waals surface area (Å²) in [5.41, 5.74) is 1.68. The Morgan fingerprint density at radius 3 is 2.53 bits per heavy atom. The highest BCUT2D eigenvalue weighted by Crippen LogP contribution is 2.20. The largest absolute Gasteiger partial charge is 0.486 e. The van der Waals surface area contributed by atoms with Crippen molar-refractivity contribution in [1.29, 1.82) is 0 Å². The minimum absolute atomic E-state index is 0.232. The first kappa shape index (κ1) is 11.9. The van der Waals surface area contributed by atoms with Gasteiger partial charge in [-0.1, -0.05) is 6.07 Å². The highest BCUT2D eigenvalue weighted by atomic mass is 35.5. The summed E-state index contributed by atoms with van der Waals surface area (Å²) in [6.07, 6.45) is 3.34. The Morgan fingerprint density at radius 2 is 1.88 bits per heavy atom. The molecular weight excluding hydrogens is 241 g/mol. The lowest BCUT2D eigenvalue weighted by atomic mass is 10.2. The van der Waals surface area contributed by atoms with Crippen molar-refractivity contribution in [2.24, 2.45) is 0 Å². The molecule has 0 aliphatic carbocycles. The van der Waals surface area contributed by atoms with E-state index in [9.17, 15) is 4.39 Å². The third-order valence-corrected chi connectivity index (χ3v) is 2.60. The molecule has 1 aromatic carbocycles. The fourth-order valence-corrected chi connectivity index (χ4v) is 1.55. The summed E-state index contributed by atoms with van der Waals surface area (Å²) in [6, 6.07) is 8.37. The molecule has 4 heteroatoms. The Kier molecular flexibility index (Phi) is 3.94. The lowest BCUT2D eigenvalue weighted by molar-refractivity contribution is 0.290.